The van der Waals surface area contributed by atoms with E-state index in [9.17, 15) is 0 Å². The lowest BCUT2D eigenvalue weighted by Crippen LogP contribution is -1.97. The second-order valence-electron chi connectivity index (χ2n) is 5.09. The molecule has 0 aliphatic heterocycles. The Bertz CT molecular complexity index is 941. The van der Waals surface area contributed by atoms with Crippen molar-refractivity contribution in [3.8, 4) is 17.2 Å². The Labute approximate surface area is 132 Å². The Morgan fingerprint density at radius 3 is 2.70 bits per heavy atom. The number of imidazole rings is 1. The smallest absolute Gasteiger partial charge is 0.247 e. The Kier molecular flexibility index (Phi) is 3.27. The molecule has 0 N–H and O–H groups in total. The average molecular weight is 306 g/mol. The zero-order valence-corrected chi connectivity index (χ0v) is 12.5. The largest absolute Gasteiger partial charge is 0.497 e. The van der Waals surface area contributed by atoms with E-state index in [2.05, 4.69) is 15.2 Å². The molecule has 2 aromatic heterocycles. The van der Waals surface area contributed by atoms with Crippen LogP contribution in [0.4, 0.5) is 0 Å². The Hall–Kier alpha value is -3.15. The third kappa shape index (κ3) is 2.55. The minimum Gasteiger partial charge on any atom is -0.497 e. The van der Waals surface area contributed by atoms with E-state index in [1.54, 1.807) is 13.4 Å². The fraction of sp³-hybridized carbons (Fsp3) is 0.118. The minimum atomic E-state index is 0.490. The molecule has 4 aromatic rings. The van der Waals surface area contributed by atoms with Gasteiger partial charge in [0.15, 0.2) is 0 Å². The van der Waals surface area contributed by atoms with Gasteiger partial charge >= 0.3 is 0 Å². The molecular weight excluding hydrogens is 292 g/mol. The molecule has 0 fully saturated rings. The van der Waals surface area contributed by atoms with E-state index in [0.29, 0.717) is 18.3 Å². The van der Waals surface area contributed by atoms with E-state index >= 15 is 0 Å². The van der Waals surface area contributed by atoms with E-state index < -0.39 is 0 Å². The average Bonchev–Trinajstić information content (AvgIpc) is 3.23. The highest BCUT2D eigenvalue weighted by atomic mass is 16.5. The molecule has 0 aliphatic rings. The van der Waals surface area contributed by atoms with Gasteiger partial charge in [0.25, 0.3) is 0 Å². The van der Waals surface area contributed by atoms with Crippen LogP contribution in [0.1, 0.15) is 5.89 Å². The van der Waals surface area contributed by atoms with Crippen molar-refractivity contribution in [2.75, 3.05) is 7.11 Å². The van der Waals surface area contributed by atoms with E-state index in [-0.39, 0.29) is 0 Å². The molecule has 6 nitrogen and oxygen atoms in total. The third-order valence-electron chi connectivity index (χ3n) is 3.64. The van der Waals surface area contributed by atoms with Crippen LogP contribution < -0.4 is 4.74 Å². The predicted molar refractivity (Wildman–Crippen MR) is 85.1 cm³/mol. The van der Waals surface area contributed by atoms with Crippen molar-refractivity contribution in [2.45, 2.75) is 6.54 Å². The Balaban J connectivity index is 1.60. The molecule has 0 saturated carbocycles. The number of fused-ring (bicyclic) bond motifs is 1. The lowest BCUT2D eigenvalue weighted by molar-refractivity contribution is 0.415. The van der Waals surface area contributed by atoms with Gasteiger partial charge in [-0.15, -0.1) is 10.2 Å². The fourth-order valence-corrected chi connectivity index (χ4v) is 2.45. The van der Waals surface area contributed by atoms with Gasteiger partial charge in [0, 0.05) is 5.56 Å². The maximum Gasteiger partial charge on any atom is 0.247 e. The van der Waals surface area contributed by atoms with Crippen LogP contribution in [-0.2, 0) is 6.54 Å². The van der Waals surface area contributed by atoms with Gasteiger partial charge in [-0.25, -0.2) is 4.98 Å². The van der Waals surface area contributed by atoms with Gasteiger partial charge in [0.2, 0.25) is 11.8 Å². The molecule has 0 spiro atoms. The molecule has 0 saturated heterocycles. The van der Waals surface area contributed by atoms with Gasteiger partial charge in [-0.1, -0.05) is 12.1 Å². The summed E-state index contributed by atoms with van der Waals surface area (Å²) < 4.78 is 12.9. The number of methoxy groups -OCH3 is 1. The first-order valence-electron chi connectivity index (χ1n) is 7.20. The topological polar surface area (TPSA) is 66.0 Å². The maximum atomic E-state index is 5.75. The second kappa shape index (κ2) is 5.57. The lowest BCUT2D eigenvalue weighted by Gasteiger charge is -2.00. The number of aromatic nitrogens is 4. The van der Waals surface area contributed by atoms with Crippen molar-refractivity contribution in [1.82, 2.24) is 19.7 Å². The van der Waals surface area contributed by atoms with E-state index in [0.717, 1.165) is 22.3 Å². The second-order valence-corrected chi connectivity index (χ2v) is 5.09. The molecule has 0 aliphatic carbocycles. The molecule has 6 heteroatoms. The highest BCUT2D eigenvalue weighted by Crippen LogP contribution is 2.22. The van der Waals surface area contributed by atoms with E-state index in [4.69, 9.17) is 9.15 Å². The molecule has 2 heterocycles. The molecule has 2 aromatic carbocycles. The third-order valence-corrected chi connectivity index (χ3v) is 3.64. The van der Waals surface area contributed by atoms with Crippen molar-refractivity contribution in [2.24, 2.45) is 0 Å². The summed E-state index contributed by atoms with van der Waals surface area (Å²) in [6.45, 7) is 0.490. The quantitative estimate of drug-likeness (QED) is 0.579. The number of para-hydroxylation sites is 2. The van der Waals surface area contributed by atoms with Gasteiger partial charge < -0.3 is 13.7 Å². The summed E-state index contributed by atoms with van der Waals surface area (Å²) in [5.41, 5.74) is 2.85. The summed E-state index contributed by atoms with van der Waals surface area (Å²) in [5.74, 6) is 1.82. The monoisotopic (exact) mass is 306 g/mol. The van der Waals surface area contributed by atoms with Crippen molar-refractivity contribution < 1.29 is 9.15 Å². The van der Waals surface area contributed by atoms with Gasteiger partial charge in [-0.2, -0.15) is 0 Å². The number of rotatable bonds is 4. The predicted octanol–water partition coefficient (Wildman–Crippen LogP) is 3.14. The van der Waals surface area contributed by atoms with Gasteiger partial charge in [0.05, 0.1) is 24.5 Å². The number of hydrogen-bond acceptors (Lipinski definition) is 5. The molecule has 0 atom stereocenters. The molecule has 0 amide bonds. The van der Waals surface area contributed by atoms with Crippen molar-refractivity contribution in [1.29, 1.82) is 0 Å². The van der Waals surface area contributed by atoms with Crippen LogP contribution in [0.3, 0.4) is 0 Å². The highest BCUT2D eigenvalue weighted by molar-refractivity contribution is 5.74. The molecular formula is C17H14N4O2. The first-order chi connectivity index (χ1) is 11.3. The lowest BCUT2D eigenvalue weighted by atomic mass is 10.2. The summed E-state index contributed by atoms with van der Waals surface area (Å²) >= 11 is 0. The van der Waals surface area contributed by atoms with E-state index in [1.807, 2.05) is 53.1 Å². The fourth-order valence-electron chi connectivity index (χ4n) is 2.45. The summed E-state index contributed by atoms with van der Waals surface area (Å²) in [5, 5.41) is 8.23. The number of nitrogens with zero attached hydrogens (tertiary/aromatic N) is 4. The standard InChI is InChI=1S/C17H14N4O2/c1-22-13-8-6-12(7-9-13)17-20-19-16(23-17)10-21-11-18-14-4-2-3-5-15(14)21/h2-9,11H,10H2,1H3. The van der Waals surface area contributed by atoms with E-state index in [1.165, 1.54) is 0 Å². The first-order valence-corrected chi connectivity index (χ1v) is 7.20. The van der Waals surface area contributed by atoms with Crippen LogP contribution in [-0.4, -0.2) is 26.9 Å². The van der Waals surface area contributed by atoms with Crippen LogP contribution in [0.15, 0.2) is 59.3 Å². The van der Waals surface area contributed by atoms with Crippen molar-refractivity contribution in [3.63, 3.8) is 0 Å². The summed E-state index contributed by atoms with van der Waals surface area (Å²) in [6, 6.07) is 15.5. The van der Waals surface area contributed by atoms with Crippen LogP contribution in [0, 0.1) is 0 Å². The van der Waals surface area contributed by atoms with Crippen LogP contribution in [0.5, 0.6) is 5.75 Å². The SMILES string of the molecule is COc1ccc(-c2nnc(Cn3cnc4ccccc43)o2)cc1. The number of ether oxygens (including phenoxy) is 1. The minimum absolute atomic E-state index is 0.490. The van der Waals surface area contributed by atoms with Crippen LogP contribution in [0.2, 0.25) is 0 Å². The summed E-state index contributed by atoms with van der Waals surface area (Å²) in [4.78, 5) is 4.36. The van der Waals surface area contributed by atoms with Crippen LogP contribution >= 0.6 is 0 Å². The first kappa shape index (κ1) is 13.5. The molecule has 0 unspecified atom stereocenters. The van der Waals surface area contributed by atoms with Gasteiger partial charge in [0.1, 0.15) is 12.3 Å². The normalized spacial score (nSPS) is 11.0. The summed E-state index contributed by atoms with van der Waals surface area (Å²) in [7, 11) is 1.63. The van der Waals surface area contributed by atoms with Crippen molar-refractivity contribution in [3.05, 3.63) is 60.7 Å². The van der Waals surface area contributed by atoms with Crippen LogP contribution in [0.25, 0.3) is 22.5 Å². The van der Waals surface area contributed by atoms with Gasteiger partial charge in [-0.3, -0.25) is 0 Å². The number of hydrogen-bond donors (Lipinski definition) is 0. The summed E-state index contributed by atoms with van der Waals surface area (Å²) in [6.07, 6.45) is 1.78. The zero-order chi connectivity index (χ0) is 15.6. The maximum absolute atomic E-state index is 5.75. The molecule has 0 bridgehead atoms. The number of benzene rings is 2. The molecule has 0 radical (unpaired) electrons. The molecule has 114 valence electrons. The zero-order valence-electron chi connectivity index (χ0n) is 12.5. The highest BCUT2D eigenvalue weighted by Gasteiger charge is 2.10. The molecule has 4 rings (SSSR count). The Morgan fingerprint density at radius 1 is 1.04 bits per heavy atom. The van der Waals surface area contributed by atoms with Gasteiger partial charge in [-0.05, 0) is 36.4 Å². The Morgan fingerprint density at radius 2 is 1.87 bits per heavy atom. The molecule has 23 heavy (non-hydrogen) atoms. The van der Waals surface area contributed by atoms with Crippen molar-refractivity contribution >= 4 is 11.0 Å².